The minimum atomic E-state index is -0.544. The van der Waals surface area contributed by atoms with Crippen LogP contribution >= 0.6 is 0 Å². The molecular formula is C24H18N4. The summed E-state index contributed by atoms with van der Waals surface area (Å²) in [4.78, 5) is 0. The Morgan fingerprint density at radius 2 is 1.54 bits per heavy atom. The number of allylic oxidation sites excluding steroid dienone is 8. The number of fused-ring (bicyclic) bond motifs is 8. The van der Waals surface area contributed by atoms with Gasteiger partial charge < -0.3 is 0 Å². The van der Waals surface area contributed by atoms with Gasteiger partial charge in [0.15, 0.2) is 0 Å². The summed E-state index contributed by atoms with van der Waals surface area (Å²) in [5.41, 5.74) is 4.73. The molecule has 6 rings (SSSR count). The van der Waals surface area contributed by atoms with Crippen LogP contribution < -0.4 is 0 Å². The van der Waals surface area contributed by atoms with Crippen LogP contribution in [-0.4, -0.2) is 0 Å². The summed E-state index contributed by atoms with van der Waals surface area (Å²) in [5.74, 6) is 1.59. The van der Waals surface area contributed by atoms with Gasteiger partial charge in [0.2, 0.25) is 0 Å². The number of hydrogen-bond acceptors (Lipinski definition) is 4. The van der Waals surface area contributed by atoms with Gasteiger partial charge in [0.05, 0.1) is 34.4 Å². The van der Waals surface area contributed by atoms with Crippen molar-refractivity contribution in [1.82, 2.24) is 0 Å². The van der Waals surface area contributed by atoms with E-state index in [9.17, 15) is 21.0 Å². The van der Waals surface area contributed by atoms with Gasteiger partial charge in [0.1, 0.15) is 12.1 Å². The van der Waals surface area contributed by atoms with E-state index >= 15 is 0 Å². The Morgan fingerprint density at radius 3 is 2.25 bits per heavy atom. The van der Waals surface area contributed by atoms with Crippen LogP contribution in [0, 0.1) is 80.3 Å². The number of rotatable bonds is 0. The molecule has 4 nitrogen and oxygen atoms in total. The molecule has 6 aliphatic carbocycles. The number of hydrogen-bond donors (Lipinski definition) is 0. The van der Waals surface area contributed by atoms with Crippen molar-refractivity contribution < 1.29 is 0 Å². The smallest absolute Gasteiger partial charge is 0.102 e. The molecule has 6 aliphatic rings. The highest BCUT2D eigenvalue weighted by Gasteiger charge is 2.67. The molecule has 0 aliphatic heterocycles. The van der Waals surface area contributed by atoms with Gasteiger partial charge in [-0.05, 0) is 67.8 Å². The molecule has 134 valence electrons. The maximum Gasteiger partial charge on any atom is 0.102 e. The summed E-state index contributed by atoms with van der Waals surface area (Å²) in [6.45, 7) is 0. The second-order valence-corrected chi connectivity index (χ2v) is 9.21. The molecule has 0 aromatic carbocycles. The molecule has 0 N–H and O–H groups in total. The lowest BCUT2D eigenvalue weighted by Crippen LogP contribution is -2.46. The molecule has 6 atom stereocenters. The van der Waals surface area contributed by atoms with Gasteiger partial charge in [-0.2, -0.15) is 21.0 Å². The van der Waals surface area contributed by atoms with Gasteiger partial charge in [0, 0.05) is 11.3 Å². The fourth-order valence-corrected chi connectivity index (χ4v) is 7.91. The van der Waals surface area contributed by atoms with Crippen LogP contribution in [0.3, 0.4) is 0 Å². The quantitative estimate of drug-likeness (QED) is 0.638. The van der Waals surface area contributed by atoms with Gasteiger partial charge in [-0.1, -0.05) is 17.2 Å². The van der Waals surface area contributed by atoms with Crippen LogP contribution in [0.4, 0.5) is 0 Å². The Labute approximate surface area is 164 Å². The maximum atomic E-state index is 10.2. The Morgan fingerprint density at radius 1 is 0.786 bits per heavy atom. The monoisotopic (exact) mass is 362 g/mol. The SMILES string of the molecule is N#CC1=C(C#N)C2C3=C(C=C4[C@H]5CC[C@H](C5)C42C(C#N)=C1C#N)[C@@H]1CC[C@H]3C1. The summed E-state index contributed by atoms with van der Waals surface area (Å²) >= 11 is 0. The van der Waals surface area contributed by atoms with Crippen molar-refractivity contribution in [2.45, 2.75) is 38.5 Å². The van der Waals surface area contributed by atoms with E-state index in [1.165, 1.54) is 23.1 Å². The maximum absolute atomic E-state index is 10.2. The first-order valence-corrected chi connectivity index (χ1v) is 10.3. The third kappa shape index (κ3) is 1.46. The van der Waals surface area contributed by atoms with E-state index in [4.69, 9.17) is 0 Å². The molecule has 3 saturated carbocycles. The molecular weight excluding hydrogens is 344 g/mol. The zero-order valence-corrected chi connectivity index (χ0v) is 15.5. The summed E-state index contributed by atoms with van der Waals surface area (Å²) in [7, 11) is 0. The molecule has 2 unspecified atom stereocenters. The van der Waals surface area contributed by atoms with Crippen molar-refractivity contribution in [2.75, 3.05) is 0 Å². The fraction of sp³-hybridized carbons (Fsp3) is 0.500. The predicted octanol–water partition coefficient (Wildman–Crippen LogP) is 4.39. The molecule has 0 radical (unpaired) electrons. The van der Waals surface area contributed by atoms with Crippen LogP contribution in [0.25, 0.3) is 0 Å². The molecule has 0 heterocycles. The lowest BCUT2D eigenvalue weighted by Gasteiger charge is -2.52. The predicted molar refractivity (Wildman–Crippen MR) is 99.2 cm³/mol. The summed E-state index contributed by atoms with van der Waals surface area (Å²) in [6, 6.07) is 9.01. The molecule has 3 fully saturated rings. The van der Waals surface area contributed by atoms with E-state index in [0.29, 0.717) is 34.8 Å². The Hall–Kier alpha value is -3.08. The van der Waals surface area contributed by atoms with Crippen LogP contribution in [0.15, 0.2) is 45.1 Å². The molecule has 0 amide bonds. The highest BCUT2D eigenvalue weighted by Crippen LogP contribution is 2.74. The Bertz CT molecular complexity index is 1150. The summed E-state index contributed by atoms with van der Waals surface area (Å²) in [5, 5.41) is 40.1. The molecule has 0 aromatic heterocycles. The minimum absolute atomic E-state index is 0.149. The minimum Gasteiger partial charge on any atom is -0.193 e. The molecule has 4 heteroatoms. The molecule has 28 heavy (non-hydrogen) atoms. The third-order valence-corrected chi connectivity index (χ3v) is 8.64. The van der Waals surface area contributed by atoms with Crippen molar-refractivity contribution in [2.24, 2.45) is 35.0 Å². The molecule has 0 aromatic rings. The number of nitrogens with zero attached hydrogens (tertiary/aromatic N) is 4. The highest BCUT2D eigenvalue weighted by molar-refractivity contribution is 5.73. The summed E-state index contributed by atoms with van der Waals surface area (Å²) < 4.78 is 0. The zero-order chi connectivity index (χ0) is 19.2. The Kier molecular flexibility index (Phi) is 2.87. The van der Waals surface area contributed by atoms with Gasteiger partial charge >= 0.3 is 0 Å². The van der Waals surface area contributed by atoms with E-state index in [1.807, 2.05) is 0 Å². The normalized spacial score (nSPS) is 41.6. The van der Waals surface area contributed by atoms with E-state index in [1.54, 1.807) is 0 Å². The zero-order valence-electron chi connectivity index (χ0n) is 15.5. The lowest BCUT2D eigenvalue weighted by molar-refractivity contribution is 0.212. The largest absolute Gasteiger partial charge is 0.193 e. The average Bonchev–Trinajstić information content (AvgIpc) is 3.50. The van der Waals surface area contributed by atoms with Gasteiger partial charge in [-0.25, -0.2) is 0 Å². The number of nitriles is 4. The van der Waals surface area contributed by atoms with Gasteiger partial charge in [-0.15, -0.1) is 0 Å². The van der Waals surface area contributed by atoms with Crippen LogP contribution in [0.5, 0.6) is 0 Å². The van der Waals surface area contributed by atoms with Crippen molar-refractivity contribution >= 4 is 0 Å². The second kappa shape index (κ2) is 5.04. The lowest BCUT2D eigenvalue weighted by atomic mass is 9.48. The second-order valence-electron chi connectivity index (χ2n) is 9.21. The Balaban J connectivity index is 1.76. The van der Waals surface area contributed by atoms with Crippen LogP contribution in [-0.2, 0) is 0 Å². The standard InChI is InChI=1S/C24H18N4/c25-8-17-18(9-26)21(11-28)24-15-4-3-13(6-15)20(24)7-16-12-1-2-14(5-12)22(16)23(24)19(17)10-27/h7,12-15,23H,1-6H2/t12-,13+,14+,15-,23?,24?/m1/s1. The van der Waals surface area contributed by atoms with E-state index in [0.717, 1.165) is 32.1 Å². The first kappa shape index (κ1) is 15.9. The van der Waals surface area contributed by atoms with Crippen molar-refractivity contribution in [3.05, 3.63) is 45.1 Å². The van der Waals surface area contributed by atoms with E-state index in [2.05, 4.69) is 30.4 Å². The van der Waals surface area contributed by atoms with Crippen molar-refractivity contribution in [1.29, 1.82) is 21.0 Å². The molecule has 0 saturated heterocycles. The van der Waals surface area contributed by atoms with Gasteiger partial charge in [0.25, 0.3) is 0 Å². The molecule has 4 bridgehead atoms. The average molecular weight is 362 g/mol. The van der Waals surface area contributed by atoms with Crippen molar-refractivity contribution in [3.63, 3.8) is 0 Å². The molecule has 1 spiro atoms. The summed E-state index contributed by atoms with van der Waals surface area (Å²) in [6.07, 6.45) is 9.11. The van der Waals surface area contributed by atoms with Crippen LogP contribution in [0.2, 0.25) is 0 Å². The van der Waals surface area contributed by atoms with Gasteiger partial charge in [-0.3, -0.25) is 0 Å². The van der Waals surface area contributed by atoms with Crippen molar-refractivity contribution in [3.8, 4) is 24.3 Å². The topological polar surface area (TPSA) is 95.2 Å². The third-order valence-electron chi connectivity index (χ3n) is 8.64. The van der Waals surface area contributed by atoms with E-state index in [-0.39, 0.29) is 17.1 Å². The first-order chi connectivity index (χ1) is 13.7. The van der Waals surface area contributed by atoms with Crippen LogP contribution in [0.1, 0.15) is 38.5 Å². The highest BCUT2D eigenvalue weighted by atomic mass is 14.7. The fourth-order valence-electron chi connectivity index (χ4n) is 7.91. The van der Waals surface area contributed by atoms with E-state index < -0.39 is 5.41 Å². The first-order valence-electron chi connectivity index (χ1n) is 10.3.